The average Bonchev–Trinajstić information content (AvgIpc) is 2.47. The van der Waals surface area contributed by atoms with Crippen molar-refractivity contribution in [2.45, 2.75) is 26.7 Å². The van der Waals surface area contributed by atoms with Crippen LogP contribution in [0.2, 0.25) is 0 Å². The maximum atomic E-state index is 11.9. The Morgan fingerprint density at radius 2 is 2.14 bits per heavy atom. The van der Waals surface area contributed by atoms with Crippen LogP contribution in [0.5, 0.6) is 5.75 Å². The molecule has 108 valence electrons. The first-order valence-electron chi connectivity index (χ1n) is 7.03. The number of unbranched alkanes of at least 4 members (excludes halogenated alkanes) is 1. The number of rotatable bonds is 5. The predicted octanol–water partition coefficient (Wildman–Crippen LogP) is 3.40. The largest absolute Gasteiger partial charge is 0.494 e. The fraction of sp³-hybridized carbons (Fsp3) is 0.294. The molecular weight excluding hydrogens is 264 g/mol. The number of ether oxygens (including phenoxy) is 1. The summed E-state index contributed by atoms with van der Waals surface area (Å²) in [5, 5.41) is 9.19. The first kappa shape index (κ1) is 14.9. The van der Waals surface area contributed by atoms with Gasteiger partial charge in [-0.2, -0.15) is 5.26 Å². The van der Waals surface area contributed by atoms with Crippen LogP contribution in [0.15, 0.2) is 35.1 Å². The Morgan fingerprint density at radius 3 is 2.86 bits per heavy atom. The summed E-state index contributed by atoms with van der Waals surface area (Å²) in [7, 11) is 0. The molecule has 1 heterocycles. The molecule has 4 heteroatoms. The van der Waals surface area contributed by atoms with E-state index in [0.717, 1.165) is 29.8 Å². The van der Waals surface area contributed by atoms with Gasteiger partial charge in [0.25, 0.3) is 5.56 Å². The standard InChI is InChI=1S/C17H18N2O2/c1-3-4-8-21-14-7-5-6-13(10-14)15-9-12(2)19-17(20)16(15)11-18/h5-7,9-10H,3-4,8H2,1-2H3,(H,19,20). The van der Waals surface area contributed by atoms with E-state index in [1.165, 1.54) is 0 Å². The van der Waals surface area contributed by atoms with E-state index < -0.39 is 0 Å². The van der Waals surface area contributed by atoms with Gasteiger partial charge in [-0.3, -0.25) is 4.79 Å². The highest BCUT2D eigenvalue weighted by molar-refractivity contribution is 5.71. The van der Waals surface area contributed by atoms with E-state index in [4.69, 9.17) is 4.74 Å². The van der Waals surface area contributed by atoms with Gasteiger partial charge in [0.15, 0.2) is 0 Å². The monoisotopic (exact) mass is 282 g/mol. The number of hydrogen-bond acceptors (Lipinski definition) is 3. The normalized spacial score (nSPS) is 10.1. The van der Waals surface area contributed by atoms with Crippen molar-refractivity contribution >= 4 is 0 Å². The number of H-pyrrole nitrogens is 1. The van der Waals surface area contributed by atoms with Crippen molar-refractivity contribution < 1.29 is 4.74 Å². The quantitative estimate of drug-likeness (QED) is 0.855. The Balaban J connectivity index is 2.41. The van der Waals surface area contributed by atoms with Gasteiger partial charge in [-0.05, 0) is 37.1 Å². The van der Waals surface area contributed by atoms with Crippen LogP contribution in [0, 0.1) is 18.3 Å². The lowest BCUT2D eigenvalue weighted by atomic mass is 10.0. The minimum atomic E-state index is -0.357. The maximum absolute atomic E-state index is 11.9. The Morgan fingerprint density at radius 1 is 1.33 bits per heavy atom. The van der Waals surface area contributed by atoms with Crippen molar-refractivity contribution in [3.63, 3.8) is 0 Å². The third-order valence-electron chi connectivity index (χ3n) is 3.19. The zero-order valence-corrected chi connectivity index (χ0v) is 12.3. The van der Waals surface area contributed by atoms with Gasteiger partial charge in [0, 0.05) is 11.3 Å². The van der Waals surface area contributed by atoms with Crippen LogP contribution >= 0.6 is 0 Å². The van der Waals surface area contributed by atoms with Crippen molar-refractivity contribution in [2.75, 3.05) is 6.61 Å². The van der Waals surface area contributed by atoms with Gasteiger partial charge < -0.3 is 9.72 Å². The summed E-state index contributed by atoms with van der Waals surface area (Å²) in [5.74, 6) is 0.753. The van der Waals surface area contributed by atoms with E-state index in [1.54, 1.807) is 6.92 Å². The van der Waals surface area contributed by atoms with E-state index in [0.29, 0.717) is 12.2 Å². The summed E-state index contributed by atoms with van der Waals surface area (Å²) in [6.07, 6.45) is 2.07. The van der Waals surface area contributed by atoms with Gasteiger partial charge in [-0.15, -0.1) is 0 Å². The van der Waals surface area contributed by atoms with Crippen LogP contribution in [-0.2, 0) is 0 Å². The average molecular weight is 282 g/mol. The summed E-state index contributed by atoms with van der Waals surface area (Å²) < 4.78 is 5.67. The molecule has 0 amide bonds. The van der Waals surface area contributed by atoms with Gasteiger partial charge >= 0.3 is 0 Å². The second kappa shape index (κ2) is 6.76. The Bertz CT molecular complexity index is 726. The van der Waals surface area contributed by atoms with Crippen LogP contribution in [0.1, 0.15) is 31.0 Å². The van der Waals surface area contributed by atoms with Crippen LogP contribution in [0.3, 0.4) is 0 Å². The van der Waals surface area contributed by atoms with Crippen molar-refractivity contribution in [1.29, 1.82) is 5.26 Å². The molecule has 21 heavy (non-hydrogen) atoms. The first-order chi connectivity index (χ1) is 10.2. The molecule has 0 radical (unpaired) electrons. The number of hydrogen-bond donors (Lipinski definition) is 1. The zero-order chi connectivity index (χ0) is 15.2. The second-order valence-electron chi connectivity index (χ2n) is 4.91. The lowest BCUT2D eigenvalue weighted by Gasteiger charge is -2.09. The Labute approximate surface area is 124 Å². The molecule has 1 aromatic heterocycles. The van der Waals surface area contributed by atoms with Crippen LogP contribution in [0.4, 0.5) is 0 Å². The van der Waals surface area contributed by atoms with Crippen molar-refractivity contribution in [3.05, 3.63) is 51.9 Å². The number of pyridine rings is 1. The number of nitrogens with one attached hydrogen (secondary N) is 1. The zero-order valence-electron chi connectivity index (χ0n) is 12.3. The molecular formula is C17H18N2O2. The molecule has 1 aromatic carbocycles. The van der Waals surface area contributed by atoms with E-state index in [2.05, 4.69) is 11.9 Å². The molecule has 1 N–H and O–H groups in total. The SMILES string of the molecule is CCCCOc1cccc(-c2cc(C)[nH]c(=O)c2C#N)c1. The first-order valence-corrected chi connectivity index (χ1v) is 7.03. The molecule has 2 rings (SSSR count). The van der Waals surface area contributed by atoms with E-state index in [-0.39, 0.29) is 11.1 Å². The second-order valence-corrected chi connectivity index (χ2v) is 4.91. The number of aromatic nitrogens is 1. The lowest BCUT2D eigenvalue weighted by molar-refractivity contribution is 0.309. The van der Waals surface area contributed by atoms with Gasteiger partial charge in [0.1, 0.15) is 17.4 Å². The highest BCUT2D eigenvalue weighted by atomic mass is 16.5. The van der Waals surface area contributed by atoms with E-state index in [9.17, 15) is 10.1 Å². The molecule has 4 nitrogen and oxygen atoms in total. The maximum Gasteiger partial charge on any atom is 0.266 e. The molecule has 0 atom stereocenters. The van der Waals surface area contributed by atoms with E-state index in [1.807, 2.05) is 36.4 Å². The minimum absolute atomic E-state index is 0.131. The molecule has 0 spiro atoms. The molecule has 0 saturated carbocycles. The third-order valence-corrected chi connectivity index (χ3v) is 3.19. The summed E-state index contributed by atoms with van der Waals surface area (Å²) in [5.41, 5.74) is 1.96. The van der Waals surface area contributed by atoms with Crippen molar-refractivity contribution in [2.24, 2.45) is 0 Å². The molecule has 0 unspecified atom stereocenters. The molecule has 0 saturated heterocycles. The van der Waals surface area contributed by atoms with Crippen LogP contribution in [0.25, 0.3) is 11.1 Å². The predicted molar refractivity (Wildman–Crippen MR) is 82.4 cm³/mol. The van der Waals surface area contributed by atoms with Crippen LogP contribution < -0.4 is 10.3 Å². The van der Waals surface area contributed by atoms with Crippen molar-refractivity contribution in [1.82, 2.24) is 4.98 Å². The summed E-state index contributed by atoms with van der Waals surface area (Å²) >= 11 is 0. The summed E-state index contributed by atoms with van der Waals surface area (Å²) in [6, 6.07) is 11.3. The molecule has 0 aliphatic heterocycles. The Hall–Kier alpha value is -2.54. The molecule has 0 bridgehead atoms. The summed E-state index contributed by atoms with van der Waals surface area (Å²) in [6.45, 7) is 4.57. The highest BCUT2D eigenvalue weighted by Crippen LogP contribution is 2.25. The topological polar surface area (TPSA) is 65.9 Å². The van der Waals surface area contributed by atoms with Gasteiger partial charge in [0.2, 0.25) is 0 Å². The minimum Gasteiger partial charge on any atom is -0.494 e. The molecule has 0 aliphatic carbocycles. The van der Waals surface area contributed by atoms with E-state index >= 15 is 0 Å². The highest BCUT2D eigenvalue weighted by Gasteiger charge is 2.10. The lowest BCUT2D eigenvalue weighted by Crippen LogP contribution is -2.12. The fourth-order valence-electron chi connectivity index (χ4n) is 2.12. The number of nitriles is 1. The molecule has 2 aromatic rings. The fourth-order valence-corrected chi connectivity index (χ4v) is 2.12. The number of benzene rings is 1. The summed E-state index contributed by atoms with van der Waals surface area (Å²) in [4.78, 5) is 14.5. The molecule has 0 fully saturated rings. The van der Waals surface area contributed by atoms with Crippen LogP contribution in [-0.4, -0.2) is 11.6 Å². The van der Waals surface area contributed by atoms with Gasteiger partial charge in [-0.25, -0.2) is 0 Å². The smallest absolute Gasteiger partial charge is 0.266 e. The van der Waals surface area contributed by atoms with Gasteiger partial charge in [-0.1, -0.05) is 25.5 Å². The molecule has 0 aliphatic rings. The van der Waals surface area contributed by atoms with Crippen molar-refractivity contribution in [3.8, 4) is 22.9 Å². The van der Waals surface area contributed by atoms with Gasteiger partial charge in [0.05, 0.1) is 6.61 Å². The number of aromatic amines is 1. The third kappa shape index (κ3) is 3.51. The number of nitrogens with zero attached hydrogens (tertiary/aromatic N) is 1. The Kier molecular flexibility index (Phi) is 4.78. The number of aryl methyl sites for hydroxylation is 1.